The van der Waals surface area contributed by atoms with Crippen molar-refractivity contribution in [3.05, 3.63) is 33.1 Å². The Morgan fingerprint density at radius 1 is 1.11 bits per heavy atom. The van der Waals surface area contributed by atoms with Crippen LogP contribution in [0.25, 0.3) is 11.0 Å². The summed E-state index contributed by atoms with van der Waals surface area (Å²) in [7, 11) is 3.15. The molecule has 2 aromatic rings. The fraction of sp³-hybridized carbons (Fsp3) is 0.462. The number of hydrogen-bond donors (Lipinski definition) is 0. The predicted molar refractivity (Wildman–Crippen MR) is 73.7 cm³/mol. The van der Waals surface area contributed by atoms with Gasteiger partial charge in [0.05, 0.1) is 5.69 Å². The second-order valence-corrected chi connectivity index (χ2v) is 4.93. The smallest absolute Gasteiger partial charge is 0.332 e. The summed E-state index contributed by atoms with van der Waals surface area (Å²) in [5.41, 5.74) is 0.730. The van der Waals surface area contributed by atoms with Crippen LogP contribution in [0.2, 0.25) is 0 Å². The van der Waals surface area contributed by atoms with Gasteiger partial charge < -0.3 is 4.90 Å². The van der Waals surface area contributed by atoms with Crippen LogP contribution in [0.1, 0.15) is 12.8 Å². The number of fused-ring (bicyclic) bond motifs is 1. The molecule has 0 aromatic carbocycles. The zero-order chi connectivity index (χ0) is 13.6. The number of nitrogens with zero attached hydrogens (tertiary/aromatic N) is 4. The minimum Gasteiger partial charge on any atom is -0.371 e. The lowest BCUT2D eigenvalue weighted by Crippen LogP contribution is -2.38. The summed E-state index contributed by atoms with van der Waals surface area (Å²) < 4.78 is 2.57. The average molecular weight is 260 g/mol. The van der Waals surface area contributed by atoms with Gasteiger partial charge in [0.1, 0.15) is 5.39 Å². The van der Waals surface area contributed by atoms with Gasteiger partial charge in [0.25, 0.3) is 5.56 Å². The average Bonchev–Trinajstić information content (AvgIpc) is 2.96. The number of rotatable bonds is 1. The first kappa shape index (κ1) is 12.0. The highest BCUT2D eigenvalue weighted by atomic mass is 16.2. The lowest BCUT2D eigenvalue weighted by atomic mass is 10.2. The Kier molecular flexibility index (Phi) is 2.66. The molecule has 1 fully saturated rings. The van der Waals surface area contributed by atoms with E-state index in [0.717, 1.165) is 36.2 Å². The van der Waals surface area contributed by atoms with E-state index in [-0.39, 0.29) is 11.2 Å². The number of pyridine rings is 1. The summed E-state index contributed by atoms with van der Waals surface area (Å²) in [6, 6.07) is 1.86. The first-order chi connectivity index (χ1) is 9.11. The maximum atomic E-state index is 12.4. The van der Waals surface area contributed by atoms with Gasteiger partial charge in [-0.3, -0.25) is 13.9 Å². The largest absolute Gasteiger partial charge is 0.371 e. The number of anilines is 1. The van der Waals surface area contributed by atoms with Gasteiger partial charge in [0, 0.05) is 33.4 Å². The van der Waals surface area contributed by atoms with Crippen LogP contribution in [0.4, 0.5) is 5.69 Å². The Bertz CT molecular complexity index is 754. The van der Waals surface area contributed by atoms with Gasteiger partial charge in [-0.2, -0.15) is 0 Å². The molecule has 0 spiro atoms. The molecule has 0 N–H and O–H groups in total. The predicted octanol–water partition coefficient (Wildman–Crippen LogP) is 0.232. The number of aromatic nitrogens is 3. The van der Waals surface area contributed by atoms with Crippen molar-refractivity contribution in [1.82, 2.24) is 14.1 Å². The van der Waals surface area contributed by atoms with Crippen molar-refractivity contribution in [2.45, 2.75) is 12.8 Å². The summed E-state index contributed by atoms with van der Waals surface area (Å²) in [4.78, 5) is 30.7. The monoisotopic (exact) mass is 260 g/mol. The zero-order valence-electron chi connectivity index (χ0n) is 11.1. The Hall–Kier alpha value is -2.11. The van der Waals surface area contributed by atoms with Gasteiger partial charge in [-0.1, -0.05) is 0 Å². The quantitative estimate of drug-likeness (QED) is 0.736. The van der Waals surface area contributed by atoms with Gasteiger partial charge >= 0.3 is 5.69 Å². The van der Waals surface area contributed by atoms with E-state index < -0.39 is 0 Å². The van der Waals surface area contributed by atoms with Crippen molar-refractivity contribution >= 4 is 16.7 Å². The van der Waals surface area contributed by atoms with E-state index in [1.165, 1.54) is 11.6 Å². The summed E-state index contributed by atoms with van der Waals surface area (Å²) >= 11 is 0. The minimum atomic E-state index is -0.344. The molecule has 0 radical (unpaired) electrons. The SMILES string of the molecule is Cn1c(=O)c2c(N3CCCC3)ccnc2n(C)c1=O. The van der Waals surface area contributed by atoms with E-state index in [4.69, 9.17) is 0 Å². The lowest BCUT2D eigenvalue weighted by molar-refractivity contribution is 0.707. The zero-order valence-corrected chi connectivity index (χ0v) is 11.1. The third-order valence-electron chi connectivity index (χ3n) is 3.77. The van der Waals surface area contributed by atoms with E-state index in [2.05, 4.69) is 9.88 Å². The summed E-state index contributed by atoms with van der Waals surface area (Å²) in [5.74, 6) is 0. The Labute approximate surface area is 109 Å². The van der Waals surface area contributed by atoms with Crippen LogP contribution in [0.3, 0.4) is 0 Å². The molecular formula is C13H16N4O2. The molecule has 0 aliphatic carbocycles. The van der Waals surface area contributed by atoms with Crippen LogP contribution in [-0.4, -0.2) is 27.2 Å². The molecule has 0 amide bonds. The first-order valence-corrected chi connectivity index (χ1v) is 6.41. The normalized spacial score (nSPS) is 15.4. The van der Waals surface area contributed by atoms with Gasteiger partial charge in [-0.05, 0) is 18.9 Å². The fourth-order valence-corrected chi connectivity index (χ4v) is 2.69. The van der Waals surface area contributed by atoms with Crippen molar-refractivity contribution in [2.24, 2.45) is 14.1 Å². The van der Waals surface area contributed by atoms with Gasteiger partial charge in [0.2, 0.25) is 0 Å². The van der Waals surface area contributed by atoms with Crippen molar-refractivity contribution in [3.63, 3.8) is 0 Å². The van der Waals surface area contributed by atoms with Crippen LogP contribution < -0.4 is 16.1 Å². The molecule has 2 aromatic heterocycles. The molecule has 0 atom stereocenters. The van der Waals surface area contributed by atoms with Crippen LogP contribution in [0.15, 0.2) is 21.9 Å². The van der Waals surface area contributed by atoms with Gasteiger partial charge in [0.15, 0.2) is 5.65 Å². The van der Waals surface area contributed by atoms with E-state index in [0.29, 0.717) is 11.0 Å². The molecule has 6 nitrogen and oxygen atoms in total. The highest BCUT2D eigenvalue weighted by Gasteiger charge is 2.19. The molecule has 3 heterocycles. The van der Waals surface area contributed by atoms with Crippen LogP contribution in [0, 0.1) is 0 Å². The van der Waals surface area contributed by atoms with Crippen molar-refractivity contribution in [3.8, 4) is 0 Å². The summed E-state index contributed by atoms with van der Waals surface area (Å²) in [5, 5.41) is 0.536. The molecule has 3 rings (SSSR count). The number of aryl methyl sites for hydroxylation is 1. The second kappa shape index (κ2) is 4.22. The molecule has 0 unspecified atom stereocenters. The van der Waals surface area contributed by atoms with Gasteiger partial charge in [-0.15, -0.1) is 0 Å². The fourth-order valence-electron chi connectivity index (χ4n) is 2.69. The lowest BCUT2D eigenvalue weighted by Gasteiger charge is -2.19. The van der Waals surface area contributed by atoms with E-state index in [1.54, 1.807) is 13.2 Å². The van der Waals surface area contributed by atoms with Crippen LogP contribution >= 0.6 is 0 Å². The third kappa shape index (κ3) is 1.67. The highest BCUT2D eigenvalue weighted by molar-refractivity contribution is 5.88. The second-order valence-electron chi connectivity index (χ2n) is 4.93. The highest BCUT2D eigenvalue weighted by Crippen LogP contribution is 2.24. The van der Waals surface area contributed by atoms with E-state index in [9.17, 15) is 9.59 Å². The maximum Gasteiger partial charge on any atom is 0.332 e. The van der Waals surface area contributed by atoms with Crippen LogP contribution in [0.5, 0.6) is 0 Å². The van der Waals surface area contributed by atoms with Gasteiger partial charge in [-0.25, -0.2) is 9.78 Å². The van der Waals surface area contributed by atoms with E-state index >= 15 is 0 Å². The van der Waals surface area contributed by atoms with Crippen LogP contribution in [-0.2, 0) is 14.1 Å². The molecule has 0 saturated carbocycles. The van der Waals surface area contributed by atoms with E-state index in [1.807, 2.05) is 6.07 Å². The Morgan fingerprint density at radius 2 is 1.79 bits per heavy atom. The molecular weight excluding hydrogens is 244 g/mol. The summed E-state index contributed by atoms with van der Waals surface area (Å²) in [6.07, 6.45) is 3.93. The maximum absolute atomic E-state index is 12.4. The first-order valence-electron chi connectivity index (χ1n) is 6.41. The minimum absolute atomic E-state index is 0.270. The molecule has 1 aliphatic rings. The Morgan fingerprint density at radius 3 is 2.47 bits per heavy atom. The molecule has 19 heavy (non-hydrogen) atoms. The topological polar surface area (TPSA) is 60.1 Å². The number of hydrogen-bond acceptors (Lipinski definition) is 4. The molecule has 0 bridgehead atoms. The third-order valence-corrected chi connectivity index (χ3v) is 3.77. The van der Waals surface area contributed by atoms with Crippen molar-refractivity contribution < 1.29 is 0 Å². The van der Waals surface area contributed by atoms with Crippen molar-refractivity contribution in [1.29, 1.82) is 0 Å². The molecule has 6 heteroatoms. The molecule has 100 valence electrons. The summed E-state index contributed by atoms with van der Waals surface area (Å²) in [6.45, 7) is 1.90. The van der Waals surface area contributed by atoms with Crippen molar-refractivity contribution in [2.75, 3.05) is 18.0 Å². The standard InChI is InChI=1S/C13H16N4O2/c1-15-11-10(12(18)16(2)13(15)19)9(5-6-14-11)17-7-3-4-8-17/h5-6H,3-4,7-8H2,1-2H3. The Balaban J connectivity index is 2.42. The molecule has 1 saturated heterocycles. The molecule has 1 aliphatic heterocycles.